The molecular weight excluding hydrogens is 513 g/mol. The van der Waals surface area contributed by atoms with Crippen molar-refractivity contribution in [3.05, 3.63) is 95.1 Å². The summed E-state index contributed by atoms with van der Waals surface area (Å²) in [6.45, 7) is 7.28. The predicted molar refractivity (Wildman–Crippen MR) is 179 cm³/mol. The Morgan fingerprint density at radius 1 is 1.05 bits per heavy atom. The Hall–Kier alpha value is -3.57. The van der Waals surface area contributed by atoms with Crippen molar-refractivity contribution in [3.63, 3.8) is 0 Å². The molecule has 0 spiro atoms. The number of nitrogens with one attached hydrogen (secondary N) is 2. The molecule has 2 aliphatic carbocycles. The first kappa shape index (κ1) is 27.3. The molecule has 0 radical (unpaired) electrons. The Bertz CT molecular complexity index is 1700. The van der Waals surface area contributed by atoms with Gasteiger partial charge in [0, 0.05) is 28.1 Å². The van der Waals surface area contributed by atoms with E-state index in [0.717, 1.165) is 37.7 Å². The third kappa shape index (κ3) is 5.24. The van der Waals surface area contributed by atoms with Gasteiger partial charge in [0.05, 0.1) is 5.52 Å². The summed E-state index contributed by atoms with van der Waals surface area (Å²) >= 11 is 0. The van der Waals surface area contributed by atoms with E-state index in [1.54, 1.807) is 5.57 Å². The maximum Gasteiger partial charge on any atom is 0.226 e. The molecule has 2 heterocycles. The molecule has 4 aromatic rings. The number of amides is 1. The summed E-state index contributed by atoms with van der Waals surface area (Å²) in [5.41, 5.74) is 9.49. The molecule has 1 aromatic heterocycles. The highest BCUT2D eigenvalue weighted by Gasteiger charge is 2.42. The zero-order valence-electron chi connectivity index (χ0n) is 25.2. The minimum Gasteiger partial charge on any atom is -0.354 e. The van der Waals surface area contributed by atoms with Crippen LogP contribution in [0.5, 0.6) is 0 Å². The van der Waals surface area contributed by atoms with Gasteiger partial charge in [-0.25, -0.2) is 0 Å². The van der Waals surface area contributed by atoms with Crippen LogP contribution in [-0.4, -0.2) is 43.3 Å². The fraction of sp³-hybridized carbons (Fsp3) is 0.378. The van der Waals surface area contributed by atoms with Crippen LogP contribution in [0, 0.1) is 17.8 Å². The second-order valence-corrected chi connectivity index (χ2v) is 13.1. The number of likely N-dealkylation sites (tertiary alicyclic amines) is 1. The maximum absolute atomic E-state index is 12.2. The van der Waals surface area contributed by atoms with Gasteiger partial charge in [-0.1, -0.05) is 80.0 Å². The van der Waals surface area contributed by atoms with Gasteiger partial charge in [0.1, 0.15) is 7.85 Å². The maximum atomic E-state index is 12.2. The third-order valence-corrected chi connectivity index (χ3v) is 9.94. The summed E-state index contributed by atoms with van der Waals surface area (Å²) < 4.78 is 0. The largest absolute Gasteiger partial charge is 0.354 e. The Morgan fingerprint density at radius 2 is 1.88 bits per heavy atom. The quantitative estimate of drug-likeness (QED) is 0.225. The smallest absolute Gasteiger partial charge is 0.226 e. The first-order chi connectivity index (χ1) is 20.5. The van der Waals surface area contributed by atoms with Crippen LogP contribution in [0.25, 0.3) is 27.2 Å². The Kier molecular flexibility index (Phi) is 7.31. The summed E-state index contributed by atoms with van der Waals surface area (Å²) in [4.78, 5) is 18.8. The van der Waals surface area contributed by atoms with Crippen molar-refractivity contribution in [2.45, 2.75) is 51.9 Å². The van der Waals surface area contributed by atoms with E-state index in [1.807, 2.05) is 19.9 Å². The van der Waals surface area contributed by atoms with Gasteiger partial charge in [-0.2, -0.15) is 0 Å². The van der Waals surface area contributed by atoms with E-state index < -0.39 is 0 Å². The standard InChI is InChI=1S/C37H42BN3O/c1-23(2)37(42)39-28-9-5-8-26(21-28)24-16-19-41(20-17-24)18-6-11-30-31-14-12-25-7-3-4-10-29(25)35(31)40-36(30)34-32-22-27(32)13-15-33(34)38/h3-5,7-10,12-15,21,23-24,27,32,40H,6,11,16-20,22,38H2,1-2H3,(H,39,42). The Morgan fingerprint density at radius 3 is 2.71 bits per heavy atom. The normalized spacial score (nSPS) is 20.9. The van der Waals surface area contributed by atoms with Gasteiger partial charge in [0.15, 0.2) is 0 Å². The fourth-order valence-electron chi connectivity index (χ4n) is 7.40. The van der Waals surface area contributed by atoms with E-state index in [2.05, 4.69) is 89.8 Å². The van der Waals surface area contributed by atoms with Gasteiger partial charge >= 0.3 is 0 Å². The second kappa shape index (κ2) is 11.3. The molecule has 3 aliphatic rings. The van der Waals surface area contributed by atoms with Crippen LogP contribution in [-0.2, 0) is 11.2 Å². The third-order valence-electron chi connectivity index (χ3n) is 9.94. The molecule has 3 aromatic carbocycles. The molecule has 1 aliphatic heterocycles. The number of carbonyl (C=O) groups excluding carboxylic acids is 1. The molecule has 4 nitrogen and oxygen atoms in total. The van der Waals surface area contributed by atoms with Crippen molar-refractivity contribution in [1.29, 1.82) is 0 Å². The highest BCUT2D eigenvalue weighted by atomic mass is 16.1. The summed E-state index contributed by atoms with van der Waals surface area (Å²) in [5, 5.41) is 7.10. The van der Waals surface area contributed by atoms with E-state index in [9.17, 15) is 4.79 Å². The van der Waals surface area contributed by atoms with Crippen molar-refractivity contribution in [2.75, 3.05) is 25.0 Å². The average molecular weight is 556 g/mol. The molecule has 42 heavy (non-hydrogen) atoms. The summed E-state index contributed by atoms with van der Waals surface area (Å²) in [6.07, 6.45) is 10.7. The SMILES string of the molecule is BC1=C(c2[nH]c3c(ccc4ccccc43)c2CCCN2CCC(c3cccc(NC(=O)C(C)C)c3)CC2)C2CC2C=C1. The Labute approximate surface area is 250 Å². The number of aromatic nitrogens is 1. The number of hydrogen-bond acceptors (Lipinski definition) is 2. The van der Waals surface area contributed by atoms with Crippen LogP contribution in [0.2, 0.25) is 0 Å². The Balaban J connectivity index is 1.05. The van der Waals surface area contributed by atoms with Gasteiger partial charge in [-0.15, -0.1) is 0 Å². The van der Waals surface area contributed by atoms with Gasteiger partial charge in [-0.3, -0.25) is 4.79 Å². The van der Waals surface area contributed by atoms with Crippen LogP contribution >= 0.6 is 0 Å². The number of H-pyrrole nitrogens is 1. The molecule has 5 heteroatoms. The van der Waals surface area contributed by atoms with Crippen molar-refractivity contribution < 1.29 is 4.79 Å². The molecule has 1 saturated heterocycles. The zero-order chi connectivity index (χ0) is 28.8. The molecule has 2 atom stereocenters. The summed E-state index contributed by atoms with van der Waals surface area (Å²) in [7, 11) is 2.30. The number of piperidine rings is 1. The van der Waals surface area contributed by atoms with E-state index in [-0.39, 0.29) is 11.8 Å². The predicted octanol–water partition coefficient (Wildman–Crippen LogP) is 7.28. The van der Waals surface area contributed by atoms with Crippen molar-refractivity contribution >= 4 is 46.7 Å². The topological polar surface area (TPSA) is 48.1 Å². The lowest BCUT2D eigenvalue weighted by Crippen LogP contribution is -2.33. The first-order valence-electron chi connectivity index (χ1n) is 16.0. The number of allylic oxidation sites excluding steroid dienone is 4. The molecular formula is C37H42BN3O. The van der Waals surface area contributed by atoms with Gasteiger partial charge in [0.25, 0.3) is 0 Å². The van der Waals surface area contributed by atoms with Crippen LogP contribution < -0.4 is 5.32 Å². The van der Waals surface area contributed by atoms with Gasteiger partial charge in [-0.05, 0) is 104 Å². The minimum absolute atomic E-state index is 0.0116. The minimum atomic E-state index is -0.0116. The summed E-state index contributed by atoms with van der Waals surface area (Å²) in [6, 6.07) is 22.0. The number of nitrogens with zero attached hydrogens (tertiary/aromatic N) is 1. The lowest BCUT2D eigenvalue weighted by atomic mass is 9.81. The van der Waals surface area contributed by atoms with Crippen LogP contribution in [0.3, 0.4) is 0 Å². The number of benzene rings is 3. The van der Waals surface area contributed by atoms with Crippen molar-refractivity contribution in [2.24, 2.45) is 17.8 Å². The van der Waals surface area contributed by atoms with E-state index >= 15 is 0 Å². The molecule has 7 rings (SSSR count). The van der Waals surface area contributed by atoms with Gasteiger partial charge < -0.3 is 15.2 Å². The molecule has 1 amide bonds. The molecule has 0 bridgehead atoms. The number of carbonyl (C=O) groups is 1. The van der Waals surface area contributed by atoms with Crippen LogP contribution in [0.15, 0.2) is 78.3 Å². The van der Waals surface area contributed by atoms with Gasteiger partial charge in [0.2, 0.25) is 5.91 Å². The van der Waals surface area contributed by atoms with E-state index in [1.165, 1.54) is 69.7 Å². The fourth-order valence-corrected chi connectivity index (χ4v) is 7.40. The number of hydrogen-bond donors (Lipinski definition) is 2. The highest BCUT2D eigenvalue weighted by Crippen LogP contribution is 2.53. The summed E-state index contributed by atoms with van der Waals surface area (Å²) in [5.74, 6) is 2.04. The first-order valence-corrected chi connectivity index (χ1v) is 16.0. The molecule has 1 saturated carbocycles. The molecule has 2 N–H and O–H groups in total. The number of aromatic amines is 1. The molecule has 2 fully saturated rings. The van der Waals surface area contributed by atoms with Crippen molar-refractivity contribution in [1.82, 2.24) is 9.88 Å². The van der Waals surface area contributed by atoms with Crippen LogP contribution in [0.4, 0.5) is 5.69 Å². The van der Waals surface area contributed by atoms with E-state index in [4.69, 9.17) is 0 Å². The lowest BCUT2D eigenvalue weighted by Gasteiger charge is -2.32. The monoisotopic (exact) mass is 555 g/mol. The second-order valence-electron chi connectivity index (χ2n) is 13.1. The lowest BCUT2D eigenvalue weighted by molar-refractivity contribution is -0.118. The van der Waals surface area contributed by atoms with Crippen molar-refractivity contribution in [3.8, 4) is 0 Å². The highest BCUT2D eigenvalue weighted by molar-refractivity contribution is 6.28. The number of rotatable bonds is 8. The number of aryl methyl sites for hydroxylation is 1. The number of fused-ring (bicyclic) bond motifs is 4. The zero-order valence-corrected chi connectivity index (χ0v) is 25.2. The number of anilines is 1. The van der Waals surface area contributed by atoms with E-state index in [0.29, 0.717) is 11.8 Å². The average Bonchev–Trinajstić information content (AvgIpc) is 3.70. The molecule has 214 valence electrons. The molecule has 2 unspecified atom stereocenters. The van der Waals surface area contributed by atoms with Crippen LogP contribution in [0.1, 0.15) is 62.3 Å².